The molecule has 1 saturated heterocycles. The summed E-state index contributed by atoms with van der Waals surface area (Å²) >= 11 is 17.8. The molecule has 3 rings (SSSR count). The number of likely N-dealkylation sites (tertiary alicyclic amines) is 1. The smallest absolute Gasteiger partial charge is 0.227 e. The number of nitrogens with zero attached hydrogens (tertiary/aromatic N) is 1. The Morgan fingerprint density at radius 2 is 1.73 bits per heavy atom. The van der Waals surface area contributed by atoms with Crippen LogP contribution >= 0.6 is 34.8 Å². The Morgan fingerprint density at radius 3 is 2.42 bits per heavy atom. The second kappa shape index (κ2) is 8.57. The molecule has 2 aromatic rings. The van der Waals surface area contributed by atoms with Gasteiger partial charge in [-0.25, -0.2) is 4.39 Å². The van der Waals surface area contributed by atoms with E-state index in [1.54, 1.807) is 30.3 Å². The molecule has 0 saturated carbocycles. The molecular weight excluding hydrogens is 398 g/mol. The summed E-state index contributed by atoms with van der Waals surface area (Å²) in [4.78, 5) is 14.6. The fourth-order valence-corrected chi connectivity index (χ4v) is 3.57. The van der Waals surface area contributed by atoms with Crippen molar-refractivity contribution in [3.63, 3.8) is 0 Å². The van der Waals surface area contributed by atoms with E-state index in [-0.39, 0.29) is 17.6 Å². The van der Waals surface area contributed by atoms with Gasteiger partial charge in [-0.3, -0.25) is 9.69 Å². The van der Waals surface area contributed by atoms with Gasteiger partial charge in [0.05, 0.1) is 10.7 Å². The van der Waals surface area contributed by atoms with Crippen molar-refractivity contribution in [1.82, 2.24) is 4.90 Å². The number of rotatable bonds is 4. The van der Waals surface area contributed by atoms with Crippen molar-refractivity contribution in [3.05, 3.63) is 62.8 Å². The fourth-order valence-electron chi connectivity index (χ4n) is 3.07. The summed E-state index contributed by atoms with van der Waals surface area (Å²) in [5.74, 6) is -0.462. The quantitative estimate of drug-likeness (QED) is 0.701. The predicted molar refractivity (Wildman–Crippen MR) is 105 cm³/mol. The molecule has 1 N–H and O–H groups in total. The van der Waals surface area contributed by atoms with Gasteiger partial charge in [0, 0.05) is 28.1 Å². The van der Waals surface area contributed by atoms with Crippen molar-refractivity contribution in [2.75, 3.05) is 18.4 Å². The van der Waals surface area contributed by atoms with Crippen LogP contribution in [-0.2, 0) is 11.3 Å². The minimum absolute atomic E-state index is 0.0634. The van der Waals surface area contributed by atoms with E-state index in [4.69, 9.17) is 34.8 Å². The van der Waals surface area contributed by atoms with Crippen LogP contribution in [-0.4, -0.2) is 23.9 Å². The summed E-state index contributed by atoms with van der Waals surface area (Å²) in [6, 6.07) is 9.69. The van der Waals surface area contributed by atoms with Gasteiger partial charge >= 0.3 is 0 Å². The SMILES string of the molecule is O=C(Nc1cc(Cl)ccc1Cl)C1CCN(Cc2ccc(Cl)cc2F)CC1. The van der Waals surface area contributed by atoms with Crippen molar-refractivity contribution < 1.29 is 9.18 Å². The molecular formula is C19H18Cl3FN2O. The molecule has 1 amide bonds. The van der Waals surface area contributed by atoms with Gasteiger partial charge in [0.1, 0.15) is 5.82 Å². The maximum atomic E-state index is 13.9. The van der Waals surface area contributed by atoms with Crippen LogP contribution in [0.4, 0.5) is 10.1 Å². The van der Waals surface area contributed by atoms with Gasteiger partial charge in [0.15, 0.2) is 0 Å². The topological polar surface area (TPSA) is 32.3 Å². The van der Waals surface area contributed by atoms with Gasteiger partial charge < -0.3 is 5.32 Å². The molecule has 3 nitrogen and oxygen atoms in total. The summed E-state index contributed by atoms with van der Waals surface area (Å²) in [6.45, 7) is 1.96. The number of hydrogen-bond donors (Lipinski definition) is 1. The lowest BCUT2D eigenvalue weighted by atomic mass is 9.95. The zero-order chi connectivity index (χ0) is 18.7. The minimum atomic E-state index is -0.298. The molecule has 1 aliphatic rings. The Labute approximate surface area is 167 Å². The molecule has 0 unspecified atom stereocenters. The number of carbonyl (C=O) groups is 1. The summed E-state index contributed by atoms with van der Waals surface area (Å²) in [5, 5.41) is 4.22. The monoisotopic (exact) mass is 414 g/mol. The van der Waals surface area contributed by atoms with Gasteiger partial charge in [-0.1, -0.05) is 40.9 Å². The van der Waals surface area contributed by atoms with Crippen molar-refractivity contribution >= 4 is 46.4 Å². The normalized spacial score (nSPS) is 15.8. The average Bonchev–Trinajstić information content (AvgIpc) is 2.61. The van der Waals surface area contributed by atoms with Crippen molar-refractivity contribution in [2.24, 2.45) is 5.92 Å². The Morgan fingerprint density at radius 1 is 1.08 bits per heavy atom. The number of amides is 1. The molecule has 2 aromatic carbocycles. The highest BCUT2D eigenvalue weighted by Gasteiger charge is 2.26. The van der Waals surface area contributed by atoms with Gasteiger partial charge in [-0.15, -0.1) is 0 Å². The number of halogens is 4. The molecule has 7 heteroatoms. The molecule has 0 spiro atoms. The van der Waals surface area contributed by atoms with E-state index in [1.807, 2.05) is 0 Å². The third kappa shape index (κ3) is 4.89. The number of benzene rings is 2. The van der Waals surface area contributed by atoms with Crippen molar-refractivity contribution in [2.45, 2.75) is 19.4 Å². The van der Waals surface area contributed by atoms with E-state index in [0.717, 1.165) is 13.1 Å². The number of hydrogen-bond acceptors (Lipinski definition) is 2. The van der Waals surface area contributed by atoms with E-state index in [0.29, 0.717) is 45.7 Å². The molecule has 0 aromatic heterocycles. The molecule has 0 aliphatic carbocycles. The summed E-state index contributed by atoms with van der Waals surface area (Å²) < 4.78 is 13.9. The van der Waals surface area contributed by atoms with Crippen LogP contribution < -0.4 is 5.32 Å². The van der Waals surface area contributed by atoms with Gasteiger partial charge in [0.2, 0.25) is 5.91 Å². The summed E-state index contributed by atoms with van der Waals surface area (Å²) in [7, 11) is 0. The fraction of sp³-hybridized carbons (Fsp3) is 0.316. The predicted octanol–water partition coefficient (Wildman–Crippen LogP) is 5.64. The maximum absolute atomic E-state index is 13.9. The molecule has 0 atom stereocenters. The number of piperidine rings is 1. The largest absolute Gasteiger partial charge is 0.324 e. The highest BCUT2D eigenvalue weighted by Crippen LogP contribution is 2.28. The third-order valence-electron chi connectivity index (χ3n) is 4.55. The zero-order valence-electron chi connectivity index (χ0n) is 13.9. The van der Waals surface area contributed by atoms with Crippen LogP contribution in [0.25, 0.3) is 0 Å². The van der Waals surface area contributed by atoms with Crippen LogP contribution in [0.2, 0.25) is 15.1 Å². The lowest BCUT2D eigenvalue weighted by Crippen LogP contribution is -2.38. The Kier molecular flexibility index (Phi) is 6.41. The maximum Gasteiger partial charge on any atom is 0.227 e. The van der Waals surface area contributed by atoms with Crippen LogP contribution in [0.3, 0.4) is 0 Å². The van der Waals surface area contributed by atoms with Gasteiger partial charge in [-0.2, -0.15) is 0 Å². The molecule has 0 bridgehead atoms. The van der Waals surface area contributed by atoms with E-state index >= 15 is 0 Å². The highest BCUT2D eigenvalue weighted by atomic mass is 35.5. The van der Waals surface area contributed by atoms with Crippen LogP contribution in [0.1, 0.15) is 18.4 Å². The molecule has 1 aliphatic heterocycles. The lowest BCUT2D eigenvalue weighted by Gasteiger charge is -2.31. The van der Waals surface area contributed by atoms with Gasteiger partial charge in [-0.05, 0) is 56.3 Å². The van der Waals surface area contributed by atoms with Crippen molar-refractivity contribution in [1.29, 1.82) is 0 Å². The Balaban J connectivity index is 1.54. The molecule has 138 valence electrons. The second-order valence-electron chi connectivity index (χ2n) is 6.40. The molecule has 0 radical (unpaired) electrons. The first-order valence-electron chi connectivity index (χ1n) is 8.34. The Bertz CT molecular complexity index is 807. The van der Waals surface area contributed by atoms with Crippen LogP contribution in [0, 0.1) is 11.7 Å². The first-order valence-corrected chi connectivity index (χ1v) is 9.48. The van der Waals surface area contributed by atoms with E-state index in [1.165, 1.54) is 6.07 Å². The summed E-state index contributed by atoms with van der Waals surface area (Å²) in [6.07, 6.45) is 1.42. The van der Waals surface area contributed by atoms with Gasteiger partial charge in [0.25, 0.3) is 0 Å². The number of nitrogens with one attached hydrogen (secondary N) is 1. The standard InChI is InChI=1S/C19H18Cl3FN2O/c20-14-2-1-13(17(23)9-14)11-25-7-5-12(6-8-25)19(26)24-18-10-15(21)3-4-16(18)22/h1-4,9-10,12H,5-8,11H2,(H,24,26). The third-order valence-corrected chi connectivity index (χ3v) is 5.35. The summed E-state index contributed by atoms with van der Waals surface area (Å²) in [5.41, 5.74) is 1.14. The molecule has 1 heterocycles. The highest BCUT2D eigenvalue weighted by molar-refractivity contribution is 6.35. The van der Waals surface area contributed by atoms with E-state index in [9.17, 15) is 9.18 Å². The Hall–Kier alpha value is -1.33. The number of carbonyl (C=O) groups excluding carboxylic acids is 1. The minimum Gasteiger partial charge on any atom is -0.324 e. The van der Waals surface area contributed by atoms with E-state index in [2.05, 4.69) is 10.2 Å². The molecule has 26 heavy (non-hydrogen) atoms. The average molecular weight is 416 g/mol. The van der Waals surface area contributed by atoms with Crippen LogP contribution in [0.15, 0.2) is 36.4 Å². The van der Waals surface area contributed by atoms with Crippen molar-refractivity contribution in [3.8, 4) is 0 Å². The second-order valence-corrected chi connectivity index (χ2v) is 7.68. The lowest BCUT2D eigenvalue weighted by molar-refractivity contribution is -0.121. The first kappa shape index (κ1) is 19.4. The number of anilines is 1. The van der Waals surface area contributed by atoms with E-state index < -0.39 is 0 Å². The first-order chi connectivity index (χ1) is 12.4. The molecule has 1 fully saturated rings. The zero-order valence-corrected chi connectivity index (χ0v) is 16.2. The van der Waals surface area contributed by atoms with Crippen LogP contribution in [0.5, 0.6) is 0 Å².